The Balaban J connectivity index is 2.43. The molecular formula is C9H8FIO2. The minimum Gasteiger partial charge on any atom is -0.380 e. The SMILES string of the molecule is OC1(c2cc(I)ccc2F)COC1. The maximum atomic E-state index is 13.3. The van der Waals surface area contributed by atoms with Crippen molar-refractivity contribution in [2.24, 2.45) is 0 Å². The minimum absolute atomic E-state index is 0.185. The van der Waals surface area contributed by atoms with Crippen LogP contribution in [0.25, 0.3) is 0 Å². The monoisotopic (exact) mass is 294 g/mol. The highest BCUT2D eigenvalue weighted by molar-refractivity contribution is 14.1. The van der Waals surface area contributed by atoms with E-state index in [1.807, 2.05) is 0 Å². The lowest BCUT2D eigenvalue weighted by molar-refractivity contribution is -0.186. The first-order valence-corrected chi connectivity index (χ1v) is 4.95. The molecule has 0 atom stereocenters. The Kier molecular flexibility index (Phi) is 2.29. The van der Waals surface area contributed by atoms with Crippen LogP contribution < -0.4 is 0 Å². The van der Waals surface area contributed by atoms with E-state index in [1.54, 1.807) is 12.1 Å². The second-order valence-corrected chi connectivity index (χ2v) is 4.39. The highest BCUT2D eigenvalue weighted by Gasteiger charge is 2.40. The van der Waals surface area contributed by atoms with Gasteiger partial charge < -0.3 is 9.84 Å². The molecule has 0 saturated carbocycles. The van der Waals surface area contributed by atoms with Gasteiger partial charge in [0.05, 0.1) is 13.2 Å². The van der Waals surface area contributed by atoms with Gasteiger partial charge in [-0.1, -0.05) is 0 Å². The molecule has 0 amide bonds. The molecule has 0 unspecified atom stereocenters. The van der Waals surface area contributed by atoms with E-state index < -0.39 is 5.60 Å². The van der Waals surface area contributed by atoms with Crippen LogP contribution >= 0.6 is 22.6 Å². The molecule has 2 rings (SSSR count). The van der Waals surface area contributed by atoms with E-state index in [2.05, 4.69) is 22.6 Å². The quantitative estimate of drug-likeness (QED) is 0.798. The van der Waals surface area contributed by atoms with Gasteiger partial charge >= 0.3 is 0 Å². The Morgan fingerprint density at radius 3 is 2.69 bits per heavy atom. The first kappa shape index (κ1) is 9.36. The lowest BCUT2D eigenvalue weighted by atomic mass is 9.92. The van der Waals surface area contributed by atoms with Crippen LogP contribution in [0, 0.1) is 9.39 Å². The van der Waals surface area contributed by atoms with Gasteiger partial charge in [0.1, 0.15) is 11.4 Å². The predicted octanol–water partition coefficient (Wildman–Crippen LogP) is 1.65. The van der Waals surface area contributed by atoms with E-state index in [-0.39, 0.29) is 19.0 Å². The van der Waals surface area contributed by atoms with Crippen LogP contribution in [0.1, 0.15) is 5.56 Å². The Hall–Kier alpha value is -0.200. The maximum absolute atomic E-state index is 13.3. The molecule has 1 aliphatic heterocycles. The summed E-state index contributed by atoms with van der Waals surface area (Å²) in [6.07, 6.45) is 0. The summed E-state index contributed by atoms with van der Waals surface area (Å²) >= 11 is 2.08. The molecule has 0 aliphatic carbocycles. The predicted molar refractivity (Wildman–Crippen MR) is 53.8 cm³/mol. The molecule has 1 fully saturated rings. The van der Waals surface area contributed by atoms with Crippen molar-refractivity contribution in [2.45, 2.75) is 5.60 Å². The third kappa shape index (κ3) is 1.58. The number of halogens is 2. The maximum Gasteiger partial charge on any atom is 0.139 e. The van der Waals surface area contributed by atoms with Crippen LogP contribution in [-0.4, -0.2) is 18.3 Å². The number of aliphatic hydroxyl groups is 1. The second kappa shape index (κ2) is 3.18. The van der Waals surface area contributed by atoms with Gasteiger partial charge in [-0.2, -0.15) is 0 Å². The summed E-state index contributed by atoms with van der Waals surface area (Å²) in [5.74, 6) is -0.369. The van der Waals surface area contributed by atoms with Gasteiger partial charge in [0, 0.05) is 9.13 Å². The lowest BCUT2D eigenvalue weighted by Gasteiger charge is -2.36. The average Bonchev–Trinajstić information content (AvgIpc) is 2.05. The summed E-state index contributed by atoms with van der Waals surface area (Å²) < 4.78 is 19.0. The number of hydrogen-bond donors (Lipinski definition) is 1. The molecule has 13 heavy (non-hydrogen) atoms. The van der Waals surface area contributed by atoms with Gasteiger partial charge in [0.25, 0.3) is 0 Å². The van der Waals surface area contributed by atoms with Crippen LogP contribution in [0.3, 0.4) is 0 Å². The average molecular weight is 294 g/mol. The first-order valence-electron chi connectivity index (χ1n) is 3.87. The van der Waals surface area contributed by atoms with Gasteiger partial charge in [-0.25, -0.2) is 4.39 Å². The van der Waals surface area contributed by atoms with E-state index >= 15 is 0 Å². The van der Waals surface area contributed by atoms with E-state index in [1.165, 1.54) is 6.07 Å². The van der Waals surface area contributed by atoms with E-state index in [9.17, 15) is 9.50 Å². The number of benzene rings is 1. The third-order valence-electron chi connectivity index (χ3n) is 2.11. The van der Waals surface area contributed by atoms with Crippen molar-refractivity contribution in [1.29, 1.82) is 0 Å². The summed E-state index contributed by atoms with van der Waals surface area (Å²) in [7, 11) is 0. The fourth-order valence-corrected chi connectivity index (χ4v) is 1.80. The summed E-state index contributed by atoms with van der Waals surface area (Å²) in [6.45, 7) is 0.369. The second-order valence-electron chi connectivity index (χ2n) is 3.15. The molecule has 1 aliphatic rings. The van der Waals surface area contributed by atoms with Crippen molar-refractivity contribution in [3.63, 3.8) is 0 Å². The van der Waals surface area contributed by atoms with Crippen molar-refractivity contribution in [3.05, 3.63) is 33.1 Å². The first-order chi connectivity index (χ1) is 6.12. The number of rotatable bonds is 1. The molecule has 1 aromatic carbocycles. The highest BCUT2D eigenvalue weighted by atomic mass is 127. The molecule has 0 bridgehead atoms. The standard InChI is InChI=1S/C9H8FIO2/c10-8-2-1-6(11)3-7(8)9(12)4-13-5-9/h1-3,12H,4-5H2. The Morgan fingerprint density at radius 1 is 1.46 bits per heavy atom. The molecule has 0 spiro atoms. The number of hydrogen-bond acceptors (Lipinski definition) is 2. The summed E-state index contributed by atoms with van der Waals surface area (Å²) in [6, 6.07) is 4.69. The molecule has 1 aromatic rings. The zero-order valence-electron chi connectivity index (χ0n) is 6.76. The van der Waals surface area contributed by atoms with E-state index in [4.69, 9.17) is 4.74 Å². The molecule has 2 nitrogen and oxygen atoms in total. The molecule has 1 heterocycles. The summed E-state index contributed by atoms with van der Waals surface area (Å²) in [5, 5.41) is 9.82. The molecule has 0 aromatic heterocycles. The van der Waals surface area contributed by atoms with Gasteiger partial charge in [-0.05, 0) is 40.8 Å². The number of ether oxygens (including phenoxy) is 1. The van der Waals surface area contributed by atoms with Crippen LogP contribution in [0.15, 0.2) is 18.2 Å². The van der Waals surface area contributed by atoms with Gasteiger partial charge in [-0.15, -0.1) is 0 Å². The fraction of sp³-hybridized carbons (Fsp3) is 0.333. The van der Waals surface area contributed by atoms with E-state index in [0.29, 0.717) is 5.56 Å². The van der Waals surface area contributed by atoms with Crippen molar-refractivity contribution in [3.8, 4) is 0 Å². The Bertz CT molecular complexity index is 336. The van der Waals surface area contributed by atoms with Crippen LogP contribution in [0.5, 0.6) is 0 Å². The summed E-state index contributed by atoms with van der Waals surface area (Å²) in [4.78, 5) is 0. The smallest absolute Gasteiger partial charge is 0.139 e. The third-order valence-corrected chi connectivity index (χ3v) is 2.78. The fourth-order valence-electron chi connectivity index (χ4n) is 1.31. The normalized spacial score (nSPS) is 19.6. The Labute approximate surface area is 88.9 Å². The molecule has 0 radical (unpaired) electrons. The van der Waals surface area contributed by atoms with Crippen molar-refractivity contribution in [1.82, 2.24) is 0 Å². The van der Waals surface area contributed by atoms with Gasteiger partial charge in [0.2, 0.25) is 0 Å². The lowest BCUT2D eigenvalue weighted by Crippen LogP contribution is -2.47. The largest absolute Gasteiger partial charge is 0.380 e. The van der Waals surface area contributed by atoms with Crippen LogP contribution in [-0.2, 0) is 10.3 Å². The van der Waals surface area contributed by atoms with Crippen molar-refractivity contribution in [2.75, 3.05) is 13.2 Å². The molecular weight excluding hydrogens is 286 g/mol. The van der Waals surface area contributed by atoms with Crippen LogP contribution in [0.4, 0.5) is 4.39 Å². The van der Waals surface area contributed by atoms with Crippen molar-refractivity contribution >= 4 is 22.6 Å². The van der Waals surface area contributed by atoms with Gasteiger partial charge in [-0.3, -0.25) is 0 Å². The van der Waals surface area contributed by atoms with Crippen molar-refractivity contribution < 1.29 is 14.2 Å². The molecule has 1 N–H and O–H groups in total. The van der Waals surface area contributed by atoms with Crippen LogP contribution in [0.2, 0.25) is 0 Å². The zero-order chi connectivity index (χ0) is 9.47. The molecule has 1 saturated heterocycles. The topological polar surface area (TPSA) is 29.5 Å². The molecule has 4 heteroatoms. The van der Waals surface area contributed by atoms with Gasteiger partial charge in [0.15, 0.2) is 0 Å². The molecule has 70 valence electrons. The highest BCUT2D eigenvalue weighted by Crippen LogP contribution is 2.31. The summed E-state index contributed by atoms with van der Waals surface area (Å²) in [5.41, 5.74) is -0.767. The Morgan fingerprint density at radius 2 is 2.15 bits per heavy atom. The zero-order valence-corrected chi connectivity index (χ0v) is 8.92. The van der Waals surface area contributed by atoms with E-state index in [0.717, 1.165) is 3.57 Å². The minimum atomic E-state index is -1.11.